The summed E-state index contributed by atoms with van der Waals surface area (Å²) in [5.74, 6) is 0. The highest BCUT2D eigenvalue weighted by molar-refractivity contribution is 4.99. The summed E-state index contributed by atoms with van der Waals surface area (Å²) in [6, 6.07) is 0. The summed E-state index contributed by atoms with van der Waals surface area (Å²) in [6.45, 7) is 4.73. The lowest BCUT2D eigenvalue weighted by Crippen LogP contribution is -2.54. The van der Waals surface area contributed by atoms with Crippen LogP contribution in [0.2, 0.25) is 0 Å². The van der Waals surface area contributed by atoms with Crippen molar-refractivity contribution < 1.29 is 9.47 Å². The van der Waals surface area contributed by atoms with E-state index in [0.29, 0.717) is 5.41 Å². The number of hydrogen-bond acceptors (Lipinski definition) is 2. The largest absolute Gasteiger partial charge is 0.356 e. The Morgan fingerprint density at radius 3 is 2.33 bits per heavy atom. The van der Waals surface area contributed by atoms with Crippen molar-refractivity contribution in [3.63, 3.8) is 0 Å². The number of hydrogen-bond donors (Lipinski definition) is 0. The van der Waals surface area contributed by atoms with Gasteiger partial charge in [0.05, 0.1) is 5.60 Å². The molecule has 88 valence electrons. The highest BCUT2D eigenvalue weighted by Gasteiger charge is 2.50. The van der Waals surface area contributed by atoms with Crippen LogP contribution in [-0.2, 0) is 9.47 Å². The molecule has 1 unspecified atom stereocenters. The summed E-state index contributed by atoms with van der Waals surface area (Å²) in [5, 5.41) is 0. The van der Waals surface area contributed by atoms with E-state index in [-0.39, 0.29) is 11.9 Å². The molecule has 0 amide bonds. The highest BCUT2D eigenvalue weighted by atomic mass is 16.7. The van der Waals surface area contributed by atoms with Crippen LogP contribution < -0.4 is 0 Å². The van der Waals surface area contributed by atoms with Gasteiger partial charge < -0.3 is 9.47 Å². The molecule has 2 nitrogen and oxygen atoms in total. The third-order valence-corrected chi connectivity index (χ3v) is 4.52. The molecular weight excluding hydrogens is 188 g/mol. The van der Waals surface area contributed by atoms with Crippen LogP contribution in [0.3, 0.4) is 0 Å². The monoisotopic (exact) mass is 212 g/mol. The molecule has 0 bridgehead atoms. The molecule has 0 aromatic rings. The van der Waals surface area contributed by atoms with E-state index in [9.17, 15) is 0 Å². The maximum atomic E-state index is 6.26. The molecule has 1 saturated carbocycles. The Kier molecular flexibility index (Phi) is 3.09. The quantitative estimate of drug-likeness (QED) is 0.662. The minimum absolute atomic E-state index is 0.0381. The van der Waals surface area contributed by atoms with E-state index in [1.165, 1.54) is 38.5 Å². The van der Waals surface area contributed by atoms with Gasteiger partial charge in [-0.25, -0.2) is 0 Å². The van der Waals surface area contributed by atoms with Crippen molar-refractivity contribution in [2.75, 3.05) is 7.11 Å². The Balaban J connectivity index is 2.15. The molecule has 1 aliphatic carbocycles. The van der Waals surface area contributed by atoms with Gasteiger partial charge >= 0.3 is 0 Å². The first-order valence-electron chi connectivity index (χ1n) is 6.30. The van der Waals surface area contributed by atoms with Crippen LogP contribution in [0, 0.1) is 5.41 Å². The van der Waals surface area contributed by atoms with E-state index in [2.05, 4.69) is 13.8 Å². The van der Waals surface area contributed by atoms with Gasteiger partial charge in [0.2, 0.25) is 0 Å². The second kappa shape index (κ2) is 4.06. The van der Waals surface area contributed by atoms with Crippen LogP contribution in [0.15, 0.2) is 0 Å². The van der Waals surface area contributed by atoms with Gasteiger partial charge in [-0.05, 0) is 31.1 Å². The number of rotatable bonds is 1. The zero-order valence-corrected chi connectivity index (χ0v) is 10.3. The lowest BCUT2D eigenvalue weighted by atomic mass is 9.63. The van der Waals surface area contributed by atoms with E-state index < -0.39 is 0 Å². The van der Waals surface area contributed by atoms with Gasteiger partial charge in [0, 0.05) is 7.11 Å². The zero-order chi connectivity index (χ0) is 10.9. The van der Waals surface area contributed by atoms with Gasteiger partial charge in [-0.3, -0.25) is 0 Å². The molecule has 2 fully saturated rings. The van der Waals surface area contributed by atoms with E-state index in [1.54, 1.807) is 7.11 Å². The minimum atomic E-state index is 0.0381. The molecule has 2 aliphatic rings. The maximum Gasteiger partial charge on any atom is 0.157 e. The summed E-state index contributed by atoms with van der Waals surface area (Å²) in [6.07, 6.45) is 8.77. The Morgan fingerprint density at radius 1 is 1.07 bits per heavy atom. The number of ether oxygens (including phenoxy) is 2. The van der Waals surface area contributed by atoms with Crippen molar-refractivity contribution in [1.82, 2.24) is 0 Å². The molecule has 1 saturated heterocycles. The Hall–Kier alpha value is -0.0800. The SMILES string of the molecule is COC1CCC(C)(C)C2(CCCCC2)O1. The van der Waals surface area contributed by atoms with Gasteiger partial charge in [0.15, 0.2) is 6.29 Å². The molecule has 0 N–H and O–H groups in total. The summed E-state index contributed by atoms with van der Waals surface area (Å²) in [5.41, 5.74) is 0.423. The van der Waals surface area contributed by atoms with Crippen molar-refractivity contribution in [1.29, 1.82) is 0 Å². The first-order chi connectivity index (χ1) is 7.10. The van der Waals surface area contributed by atoms with Gasteiger partial charge in [-0.15, -0.1) is 0 Å². The van der Waals surface area contributed by atoms with E-state index in [4.69, 9.17) is 9.47 Å². The maximum absolute atomic E-state index is 6.26. The molecule has 0 aromatic heterocycles. The van der Waals surface area contributed by atoms with Crippen LogP contribution in [0.1, 0.15) is 58.8 Å². The van der Waals surface area contributed by atoms with Gasteiger partial charge in [-0.2, -0.15) is 0 Å². The summed E-state index contributed by atoms with van der Waals surface area (Å²) >= 11 is 0. The Bertz CT molecular complexity index is 217. The molecule has 1 atom stereocenters. The number of methoxy groups -OCH3 is 1. The second-order valence-corrected chi connectivity index (χ2v) is 5.76. The second-order valence-electron chi connectivity index (χ2n) is 5.76. The normalized spacial score (nSPS) is 34.2. The average Bonchev–Trinajstić information content (AvgIpc) is 2.24. The lowest BCUT2D eigenvalue weighted by Gasteiger charge is -2.53. The first-order valence-corrected chi connectivity index (χ1v) is 6.30. The topological polar surface area (TPSA) is 18.5 Å². The fraction of sp³-hybridized carbons (Fsp3) is 1.00. The first kappa shape index (κ1) is 11.4. The van der Waals surface area contributed by atoms with E-state index in [1.807, 2.05) is 0 Å². The third kappa shape index (κ3) is 1.94. The predicted molar refractivity (Wildman–Crippen MR) is 60.7 cm³/mol. The molecular formula is C13H24O2. The van der Waals surface area contributed by atoms with Crippen molar-refractivity contribution in [2.45, 2.75) is 70.7 Å². The highest BCUT2D eigenvalue weighted by Crippen LogP contribution is 2.51. The fourth-order valence-electron chi connectivity index (χ4n) is 3.26. The zero-order valence-electron chi connectivity index (χ0n) is 10.3. The van der Waals surface area contributed by atoms with Gasteiger partial charge in [-0.1, -0.05) is 33.1 Å². The van der Waals surface area contributed by atoms with Crippen molar-refractivity contribution >= 4 is 0 Å². The Morgan fingerprint density at radius 2 is 1.73 bits per heavy atom. The molecule has 0 aromatic carbocycles. The third-order valence-electron chi connectivity index (χ3n) is 4.52. The van der Waals surface area contributed by atoms with E-state index >= 15 is 0 Å². The minimum Gasteiger partial charge on any atom is -0.356 e. The molecule has 15 heavy (non-hydrogen) atoms. The Labute approximate surface area is 93.3 Å². The summed E-state index contributed by atoms with van der Waals surface area (Å²) < 4.78 is 11.6. The fourth-order valence-corrected chi connectivity index (χ4v) is 3.26. The van der Waals surface area contributed by atoms with Gasteiger partial charge in [0.1, 0.15) is 0 Å². The van der Waals surface area contributed by atoms with Crippen molar-refractivity contribution in [3.05, 3.63) is 0 Å². The summed E-state index contributed by atoms with van der Waals surface area (Å²) in [4.78, 5) is 0. The van der Waals surface area contributed by atoms with Crippen molar-refractivity contribution in [3.8, 4) is 0 Å². The molecule has 0 radical (unpaired) electrons. The van der Waals surface area contributed by atoms with E-state index in [0.717, 1.165) is 6.42 Å². The molecule has 1 spiro atoms. The van der Waals surface area contributed by atoms with Crippen LogP contribution in [0.5, 0.6) is 0 Å². The average molecular weight is 212 g/mol. The van der Waals surface area contributed by atoms with Crippen LogP contribution in [-0.4, -0.2) is 19.0 Å². The molecule has 2 rings (SSSR count). The molecule has 1 aliphatic heterocycles. The predicted octanol–water partition coefficient (Wildman–Crippen LogP) is 3.50. The molecule has 2 heteroatoms. The van der Waals surface area contributed by atoms with Gasteiger partial charge in [0.25, 0.3) is 0 Å². The van der Waals surface area contributed by atoms with Crippen LogP contribution >= 0.6 is 0 Å². The van der Waals surface area contributed by atoms with Crippen LogP contribution in [0.4, 0.5) is 0 Å². The van der Waals surface area contributed by atoms with Crippen LogP contribution in [0.25, 0.3) is 0 Å². The van der Waals surface area contributed by atoms with Crippen molar-refractivity contribution in [2.24, 2.45) is 5.41 Å². The summed E-state index contributed by atoms with van der Waals surface area (Å²) in [7, 11) is 1.76. The standard InChI is InChI=1S/C13H24O2/c1-12(2)10-7-11(14-3)15-13(12)8-5-4-6-9-13/h11H,4-10H2,1-3H3. The smallest absolute Gasteiger partial charge is 0.157 e. The lowest BCUT2D eigenvalue weighted by molar-refractivity contribution is -0.278. The molecule has 1 heterocycles.